The number of pyridine rings is 1. The summed E-state index contributed by atoms with van der Waals surface area (Å²) < 4.78 is 0. The molecular formula is C10H13N3O2. The monoisotopic (exact) mass is 207 g/mol. The van der Waals surface area contributed by atoms with E-state index in [4.69, 9.17) is 5.90 Å². The molecule has 0 spiro atoms. The molecule has 0 saturated carbocycles. The summed E-state index contributed by atoms with van der Waals surface area (Å²) in [5.41, 5.74) is 1.01. The Labute approximate surface area is 87.8 Å². The second kappa shape index (κ2) is 3.96. The van der Waals surface area contributed by atoms with E-state index in [1.54, 1.807) is 24.3 Å². The molecule has 80 valence electrons. The van der Waals surface area contributed by atoms with Gasteiger partial charge in [0.2, 0.25) is 0 Å². The highest BCUT2D eigenvalue weighted by Gasteiger charge is 2.38. The van der Waals surface area contributed by atoms with E-state index in [2.05, 4.69) is 9.82 Å². The van der Waals surface area contributed by atoms with E-state index >= 15 is 0 Å². The van der Waals surface area contributed by atoms with E-state index in [1.165, 1.54) is 0 Å². The van der Waals surface area contributed by atoms with Gasteiger partial charge in [-0.25, -0.2) is 5.90 Å². The van der Waals surface area contributed by atoms with Crippen molar-refractivity contribution in [2.75, 3.05) is 7.05 Å². The maximum absolute atomic E-state index is 11.6. The minimum Gasteiger partial charge on any atom is -0.336 e. The molecule has 0 aliphatic carbocycles. The molecule has 1 amide bonds. The van der Waals surface area contributed by atoms with Crippen LogP contribution in [0, 0.1) is 0 Å². The largest absolute Gasteiger partial charge is 0.336 e. The average molecular weight is 207 g/mol. The van der Waals surface area contributed by atoms with Gasteiger partial charge in [0.15, 0.2) is 6.10 Å². The molecule has 1 aromatic heterocycles. The fraction of sp³-hybridized carbons (Fsp3) is 0.400. The molecule has 0 aromatic carbocycles. The van der Waals surface area contributed by atoms with Crippen LogP contribution in [0.3, 0.4) is 0 Å². The molecule has 15 heavy (non-hydrogen) atoms. The van der Waals surface area contributed by atoms with Gasteiger partial charge in [-0.3, -0.25) is 14.6 Å². The van der Waals surface area contributed by atoms with Gasteiger partial charge in [0.05, 0.1) is 6.04 Å². The highest BCUT2D eigenvalue weighted by molar-refractivity contribution is 5.83. The van der Waals surface area contributed by atoms with E-state index in [-0.39, 0.29) is 11.9 Å². The molecule has 1 fully saturated rings. The maximum Gasteiger partial charge on any atom is 0.254 e. The molecule has 1 aromatic rings. The number of amides is 1. The first-order valence-electron chi connectivity index (χ1n) is 4.76. The first-order valence-corrected chi connectivity index (χ1v) is 4.76. The van der Waals surface area contributed by atoms with Gasteiger partial charge in [0.1, 0.15) is 0 Å². The van der Waals surface area contributed by atoms with Gasteiger partial charge in [-0.1, -0.05) is 6.07 Å². The van der Waals surface area contributed by atoms with Crippen molar-refractivity contribution in [3.63, 3.8) is 0 Å². The van der Waals surface area contributed by atoms with Gasteiger partial charge in [-0.2, -0.15) is 0 Å². The Morgan fingerprint density at radius 2 is 2.47 bits per heavy atom. The van der Waals surface area contributed by atoms with Crippen molar-refractivity contribution >= 4 is 5.91 Å². The van der Waals surface area contributed by atoms with Crippen LogP contribution >= 0.6 is 0 Å². The van der Waals surface area contributed by atoms with Crippen LogP contribution in [0.4, 0.5) is 0 Å². The summed E-state index contributed by atoms with van der Waals surface area (Å²) in [5.74, 6) is 4.99. The molecule has 2 rings (SSSR count). The summed E-state index contributed by atoms with van der Waals surface area (Å²) in [5, 5.41) is 0. The molecule has 1 aliphatic heterocycles. The zero-order valence-electron chi connectivity index (χ0n) is 8.46. The Morgan fingerprint density at radius 1 is 1.67 bits per heavy atom. The fourth-order valence-electron chi connectivity index (χ4n) is 1.89. The summed E-state index contributed by atoms with van der Waals surface area (Å²) in [6, 6.07) is 3.81. The van der Waals surface area contributed by atoms with Crippen molar-refractivity contribution < 1.29 is 9.63 Å². The van der Waals surface area contributed by atoms with Crippen LogP contribution in [0.25, 0.3) is 0 Å². The molecule has 5 nitrogen and oxygen atoms in total. The van der Waals surface area contributed by atoms with Gasteiger partial charge in [-0.15, -0.1) is 0 Å². The van der Waals surface area contributed by atoms with Crippen LogP contribution in [0.5, 0.6) is 0 Å². The molecule has 0 radical (unpaired) electrons. The van der Waals surface area contributed by atoms with Gasteiger partial charge < -0.3 is 4.90 Å². The molecule has 1 aliphatic rings. The van der Waals surface area contributed by atoms with E-state index in [9.17, 15) is 4.79 Å². The van der Waals surface area contributed by atoms with Crippen molar-refractivity contribution in [2.24, 2.45) is 5.90 Å². The number of hydrogen-bond acceptors (Lipinski definition) is 4. The minimum atomic E-state index is -0.528. The average Bonchev–Trinajstić information content (AvgIpc) is 2.57. The third-order valence-corrected chi connectivity index (χ3v) is 2.76. The van der Waals surface area contributed by atoms with E-state index in [0.717, 1.165) is 5.56 Å². The Hall–Kier alpha value is -1.46. The van der Waals surface area contributed by atoms with E-state index in [1.807, 2.05) is 12.1 Å². The summed E-state index contributed by atoms with van der Waals surface area (Å²) in [6.07, 6.45) is 3.52. The molecule has 2 N–H and O–H groups in total. The highest BCUT2D eigenvalue weighted by Crippen LogP contribution is 2.31. The lowest BCUT2D eigenvalue weighted by Gasteiger charge is -2.18. The lowest BCUT2D eigenvalue weighted by Crippen LogP contribution is -2.29. The number of carbonyl (C=O) groups excluding carboxylic acids is 1. The van der Waals surface area contributed by atoms with E-state index < -0.39 is 6.10 Å². The first-order chi connectivity index (χ1) is 7.24. The van der Waals surface area contributed by atoms with E-state index in [0.29, 0.717) is 6.42 Å². The fourth-order valence-corrected chi connectivity index (χ4v) is 1.89. The molecule has 5 heteroatoms. The Morgan fingerprint density at radius 3 is 3.00 bits per heavy atom. The number of rotatable bonds is 2. The van der Waals surface area contributed by atoms with Crippen LogP contribution in [0.1, 0.15) is 18.0 Å². The molecule has 2 heterocycles. The maximum atomic E-state index is 11.6. The first kappa shape index (κ1) is 10.1. The molecule has 2 unspecified atom stereocenters. The Balaban J connectivity index is 2.22. The second-order valence-electron chi connectivity index (χ2n) is 3.61. The third kappa shape index (κ3) is 1.71. The quantitative estimate of drug-likeness (QED) is 0.705. The lowest BCUT2D eigenvalue weighted by molar-refractivity contribution is -0.137. The normalized spacial score (nSPS) is 26.0. The van der Waals surface area contributed by atoms with Crippen molar-refractivity contribution in [1.82, 2.24) is 9.88 Å². The number of hydrogen-bond donors (Lipinski definition) is 1. The van der Waals surface area contributed by atoms with Gasteiger partial charge in [0.25, 0.3) is 5.91 Å². The van der Waals surface area contributed by atoms with Crippen molar-refractivity contribution in [1.29, 1.82) is 0 Å². The van der Waals surface area contributed by atoms with Gasteiger partial charge >= 0.3 is 0 Å². The number of aromatic nitrogens is 1. The zero-order chi connectivity index (χ0) is 10.8. The predicted molar refractivity (Wildman–Crippen MR) is 53.4 cm³/mol. The number of carbonyl (C=O) groups is 1. The van der Waals surface area contributed by atoms with Crippen LogP contribution in [0.2, 0.25) is 0 Å². The van der Waals surface area contributed by atoms with Crippen molar-refractivity contribution in [3.8, 4) is 0 Å². The molecular weight excluding hydrogens is 194 g/mol. The topological polar surface area (TPSA) is 68.5 Å². The second-order valence-corrected chi connectivity index (χ2v) is 3.61. The molecule has 0 bridgehead atoms. The van der Waals surface area contributed by atoms with Crippen LogP contribution in [-0.2, 0) is 9.63 Å². The van der Waals surface area contributed by atoms with Crippen LogP contribution < -0.4 is 5.90 Å². The standard InChI is InChI=1S/C10H13N3O2/c1-13-8(5-9(15-11)10(13)14)7-3-2-4-12-6-7/h2-4,6,8-9H,5,11H2,1H3. The van der Waals surface area contributed by atoms with Crippen LogP contribution in [0.15, 0.2) is 24.5 Å². The molecule has 2 atom stereocenters. The smallest absolute Gasteiger partial charge is 0.254 e. The number of likely N-dealkylation sites (tertiary alicyclic amines) is 1. The summed E-state index contributed by atoms with van der Waals surface area (Å²) in [7, 11) is 1.75. The number of nitrogens with zero attached hydrogens (tertiary/aromatic N) is 2. The van der Waals surface area contributed by atoms with Crippen molar-refractivity contribution in [3.05, 3.63) is 30.1 Å². The van der Waals surface area contributed by atoms with Crippen LogP contribution in [-0.4, -0.2) is 28.9 Å². The summed E-state index contributed by atoms with van der Waals surface area (Å²) >= 11 is 0. The lowest BCUT2D eigenvalue weighted by atomic mass is 10.1. The Bertz CT molecular complexity index is 355. The summed E-state index contributed by atoms with van der Waals surface area (Å²) in [6.45, 7) is 0. The number of likely N-dealkylation sites (N-methyl/N-ethyl adjacent to an activating group) is 1. The van der Waals surface area contributed by atoms with Crippen molar-refractivity contribution in [2.45, 2.75) is 18.6 Å². The summed E-state index contributed by atoms with van der Waals surface area (Å²) in [4.78, 5) is 21.9. The minimum absolute atomic E-state index is 0.0137. The zero-order valence-corrected chi connectivity index (χ0v) is 8.46. The highest BCUT2D eigenvalue weighted by atomic mass is 16.6. The number of nitrogens with two attached hydrogens (primary N) is 1. The Kier molecular flexibility index (Phi) is 2.66. The predicted octanol–water partition coefficient (Wildman–Crippen LogP) is 0.244. The van der Waals surface area contributed by atoms with Gasteiger partial charge in [-0.05, 0) is 11.6 Å². The SMILES string of the molecule is CN1C(=O)C(ON)CC1c1cccnc1. The third-order valence-electron chi connectivity index (χ3n) is 2.76. The van der Waals surface area contributed by atoms with Gasteiger partial charge in [0, 0.05) is 25.9 Å². The molecule has 1 saturated heterocycles.